The van der Waals surface area contributed by atoms with E-state index in [9.17, 15) is 14.7 Å². The van der Waals surface area contributed by atoms with E-state index in [1.807, 2.05) is 0 Å². The van der Waals surface area contributed by atoms with Crippen LogP contribution >= 0.6 is 0 Å². The third-order valence-corrected chi connectivity index (χ3v) is 3.76. The number of fused-ring (bicyclic) bond motifs is 1. The van der Waals surface area contributed by atoms with Crippen LogP contribution in [0.2, 0.25) is 0 Å². The molecule has 2 aliphatic rings. The summed E-state index contributed by atoms with van der Waals surface area (Å²) in [4.78, 5) is 24.8. The predicted octanol–water partition coefficient (Wildman–Crippen LogP) is 0.281. The number of aliphatic hydroxyl groups excluding tert-OH is 1. The zero-order valence-corrected chi connectivity index (χ0v) is 10.8. The number of carboxylic acids is 1. The monoisotopic (exact) mass is 277 g/mol. The third kappa shape index (κ3) is 2.12. The van der Waals surface area contributed by atoms with Crippen LogP contribution in [0.1, 0.15) is 22.3 Å². The number of carbonyl (C=O) groups is 2. The number of amides is 1. The lowest BCUT2D eigenvalue weighted by atomic mass is 10.1. The smallest absolute Gasteiger partial charge is 0.326 e. The lowest BCUT2D eigenvalue weighted by Gasteiger charge is -2.21. The van der Waals surface area contributed by atoms with Crippen LogP contribution in [-0.4, -0.2) is 52.3 Å². The van der Waals surface area contributed by atoms with E-state index in [-0.39, 0.29) is 18.9 Å². The molecule has 1 fully saturated rings. The Morgan fingerprint density at radius 3 is 2.90 bits per heavy atom. The number of carbonyl (C=O) groups excluding carboxylic acids is 1. The quantitative estimate of drug-likeness (QED) is 0.811. The molecule has 0 aliphatic carbocycles. The maximum Gasteiger partial charge on any atom is 0.326 e. The molecule has 2 heterocycles. The van der Waals surface area contributed by atoms with Crippen molar-refractivity contribution in [2.75, 3.05) is 13.2 Å². The first-order valence-electron chi connectivity index (χ1n) is 6.54. The standard InChI is InChI=1S/C14H15NO5/c16-10-6-11(14(18)19)15(7-10)13(17)9-1-2-12-8(5-9)3-4-20-12/h1-2,5,10-11,16H,3-4,6-7H2,(H,18,19)/t10-,11-/m0/s1. The molecule has 0 radical (unpaired) electrons. The van der Waals surface area contributed by atoms with Gasteiger partial charge in [-0.3, -0.25) is 4.79 Å². The fourth-order valence-electron chi connectivity index (χ4n) is 2.76. The van der Waals surface area contributed by atoms with Crippen LogP contribution in [0.5, 0.6) is 5.75 Å². The Hall–Kier alpha value is -2.08. The highest BCUT2D eigenvalue weighted by atomic mass is 16.5. The number of hydrogen-bond donors (Lipinski definition) is 2. The lowest BCUT2D eigenvalue weighted by Crippen LogP contribution is -2.40. The highest BCUT2D eigenvalue weighted by molar-refractivity contribution is 5.97. The molecule has 0 unspecified atom stereocenters. The Labute approximate surface area is 115 Å². The normalized spacial score (nSPS) is 24.4. The van der Waals surface area contributed by atoms with Crippen molar-refractivity contribution in [3.05, 3.63) is 29.3 Å². The van der Waals surface area contributed by atoms with E-state index < -0.39 is 18.1 Å². The number of hydrogen-bond acceptors (Lipinski definition) is 4. The molecule has 6 nitrogen and oxygen atoms in total. The minimum Gasteiger partial charge on any atom is -0.493 e. The number of likely N-dealkylation sites (tertiary alicyclic amines) is 1. The Kier molecular flexibility index (Phi) is 3.10. The van der Waals surface area contributed by atoms with Gasteiger partial charge in [0.05, 0.1) is 12.7 Å². The van der Waals surface area contributed by atoms with Gasteiger partial charge in [0.15, 0.2) is 0 Å². The fraction of sp³-hybridized carbons (Fsp3) is 0.429. The molecule has 1 amide bonds. The average Bonchev–Trinajstić information content (AvgIpc) is 3.02. The summed E-state index contributed by atoms with van der Waals surface area (Å²) in [5.41, 5.74) is 1.40. The predicted molar refractivity (Wildman–Crippen MR) is 68.7 cm³/mol. The molecule has 0 saturated carbocycles. The summed E-state index contributed by atoms with van der Waals surface area (Å²) in [6, 6.07) is 4.16. The summed E-state index contributed by atoms with van der Waals surface area (Å²) < 4.78 is 5.38. The molecule has 2 aliphatic heterocycles. The number of β-amino-alcohol motifs (C(OH)–C–C–N with tert-alkyl or cyclic N) is 1. The van der Waals surface area contributed by atoms with Crippen molar-refractivity contribution in [2.45, 2.75) is 25.0 Å². The van der Waals surface area contributed by atoms with Crippen LogP contribution < -0.4 is 4.74 Å². The van der Waals surface area contributed by atoms with Gasteiger partial charge in [0.25, 0.3) is 5.91 Å². The van der Waals surface area contributed by atoms with Crippen molar-refractivity contribution in [1.82, 2.24) is 4.90 Å². The zero-order valence-electron chi connectivity index (χ0n) is 10.8. The molecule has 106 valence electrons. The second-order valence-corrected chi connectivity index (χ2v) is 5.12. The van der Waals surface area contributed by atoms with E-state index in [4.69, 9.17) is 9.84 Å². The number of carboxylic acid groups (broad SMARTS) is 1. The van der Waals surface area contributed by atoms with Gasteiger partial charge >= 0.3 is 5.97 Å². The van der Waals surface area contributed by atoms with Crippen LogP contribution in [0.25, 0.3) is 0 Å². The van der Waals surface area contributed by atoms with Gasteiger partial charge in [-0.15, -0.1) is 0 Å². The molecule has 0 bridgehead atoms. The van der Waals surface area contributed by atoms with Crippen molar-refractivity contribution >= 4 is 11.9 Å². The molecule has 1 saturated heterocycles. The zero-order chi connectivity index (χ0) is 14.3. The Morgan fingerprint density at radius 1 is 1.35 bits per heavy atom. The van der Waals surface area contributed by atoms with Crippen LogP contribution in [0.3, 0.4) is 0 Å². The minimum absolute atomic E-state index is 0.0589. The van der Waals surface area contributed by atoms with Gasteiger partial charge in [-0.05, 0) is 23.8 Å². The number of benzene rings is 1. The van der Waals surface area contributed by atoms with Crippen molar-refractivity contribution < 1.29 is 24.5 Å². The average molecular weight is 277 g/mol. The fourth-order valence-corrected chi connectivity index (χ4v) is 2.76. The van der Waals surface area contributed by atoms with Crippen LogP contribution in [0, 0.1) is 0 Å². The summed E-state index contributed by atoms with van der Waals surface area (Å²) in [6.45, 7) is 0.663. The SMILES string of the molecule is O=C(O)[C@@H]1C[C@H](O)CN1C(=O)c1ccc2c(c1)CCO2. The number of ether oxygens (including phenoxy) is 1. The molecule has 0 spiro atoms. The maximum atomic E-state index is 12.4. The van der Waals surface area contributed by atoms with Crippen molar-refractivity contribution in [2.24, 2.45) is 0 Å². The van der Waals surface area contributed by atoms with Gasteiger partial charge in [0, 0.05) is 24.9 Å². The molecule has 2 atom stereocenters. The number of aliphatic carboxylic acids is 1. The highest BCUT2D eigenvalue weighted by Crippen LogP contribution is 2.28. The molecule has 3 rings (SSSR count). The molecule has 6 heteroatoms. The molecule has 2 N–H and O–H groups in total. The molecule has 1 aromatic carbocycles. The number of nitrogens with zero attached hydrogens (tertiary/aromatic N) is 1. The summed E-state index contributed by atoms with van der Waals surface area (Å²) in [5, 5.41) is 18.7. The molecule has 20 heavy (non-hydrogen) atoms. The maximum absolute atomic E-state index is 12.4. The highest BCUT2D eigenvalue weighted by Gasteiger charge is 2.39. The molecule has 1 aromatic rings. The second-order valence-electron chi connectivity index (χ2n) is 5.12. The first kappa shape index (κ1) is 12.9. The van der Waals surface area contributed by atoms with Crippen molar-refractivity contribution in [3.8, 4) is 5.75 Å². The van der Waals surface area contributed by atoms with E-state index in [1.54, 1.807) is 18.2 Å². The van der Waals surface area contributed by atoms with Gasteiger partial charge in [0.2, 0.25) is 0 Å². The summed E-state index contributed by atoms with van der Waals surface area (Å²) in [7, 11) is 0. The van der Waals surface area contributed by atoms with E-state index in [2.05, 4.69) is 0 Å². The van der Waals surface area contributed by atoms with Crippen LogP contribution in [0.4, 0.5) is 0 Å². The van der Waals surface area contributed by atoms with Gasteiger partial charge in [-0.1, -0.05) is 0 Å². The first-order valence-corrected chi connectivity index (χ1v) is 6.54. The van der Waals surface area contributed by atoms with E-state index >= 15 is 0 Å². The number of rotatable bonds is 2. The first-order chi connectivity index (χ1) is 9.56. The van der Waals surface area contributed by atoms with Gasteiger partial charge in [-0.25, -0.2) is 4.79 Å². The third-order valence-electron chi connectivity index (χ3n) is 3.76. The molecule has 0 aromatic heterocycles. The van der Waals surface area contributed by atoms with E-state index in [0.717, 1.165) is 17.7 Å². The summed E-state index contributed by atoms with van der Waals surface area (Å²) >= 11 is 0. The molecular formula is C14H15NO5. The van der Waals surface area contributed by atoms with Gasteiger partial charge in [0.1, 0.15) is 11.8 Å². The Morgan fingerprint density at radius 2 is 2.15 bits per heavy atom. The lowest BCUT2D eigenvalue weighted by molar-refractivity contribution is -0.141. The van der Waals surface area contributed by atoms with Gasteiger partial charge in [-0.2, -0.15) is 0 Å². The summed E-state index contributed by atoms with van der Waals surface area (Å²) in [6.07, 6.45) is 0.0501. The summed E-state index contributed by atoms with van der Waals surface area (Å²) in [5.74, 6) is -0.666. The van der Waals surface area contributed by atoms with Crippen molar-refractivity contribution in [3.63, 3.8) is 0 Å². The number of aliphatic hydroxyl groups is 1. The van der Waals surface area contributed by atoms with Gasteiger partial charge < -0.3 is 19.8 Å². The minimum atomic E-state index is -1.08. The largest absolute Gasteiger partial charge is 0.493 e. The van der Waals surface area contributed by atoms with Crippen LogP contribution in [-0.2, 0) is 11.2 Å². The topological polar surface area (TPSA) is 87.1 Å². The second kappa shape index (κ2) is 4.79. The Bertz CT molecular complexity index is 571. The molecular weight excluding hydrogens is 262 g/mol. The van der Waals surface area contributed by atoms with E-state index in [1.165, 1.54) is 4.90 Å². The van der Waals surface area contributed by atoms with Crippen LogP contribution in [0.15, 0.2) is 18.2 Å². The Balaban J connectivity index is 1.86. The van der Waals surface area contributed by atoms with E-state index in [0.29, 0.717) is 12.2 Å². The van der Waals surface area contributed by atoms with Crippen molar-refractivity contribution in [1.29, 1.82) is 0 Å².